The normalized spacial score (nSPS) is 11.6. The first-order valence-electron chi connectivity index (χ1n) is 8.82. The molecule has 2 N–H and O–H groups in total. The quantitative estimate of drug-likeness (QED) is 0.497. The second kappa shape index (κ2) is 7.78. The molecule has 9 heteroatoms. The Morgan fingerprint density at radius 2 is 1.86 bits per heavy atom. The fourth-order valence-corrected chi connectivity index (χ4v) is 2.92. The van der Waals surface area contributed by atoms with Gasteiger partial charge in [-0.25, -0.2) is 9.97 Å². The standard InChI is InChI=1S/C20H16F3N5O/c21-20(22,23)29-15-3-1-2-14(12-15)18-27-16-7-11-26-19(17(16)28-18)25-10-6-13-4-8-24-9-5-13/h1-5,7-9,11-12H,6,10H2,(H,25,26)(H,27,28). The van der Waals surface area contributed by atoms with Gasteiger partial charge >= 0.3 is 6.36 Å². The van der Waals surface area contributed by atoms with Crippen LogP contribution in [0.15, 0.2) is 61.1 Å². The monoisotopic (exact) mass is 399 g/mol. The molecule has 0 aliphatic rings. The number of rotatable bonds is 6. The van der Waals surface area contributed by atoms with E-state index in [0.717, 1.165) is 17.5 Å². The molecule has 3 heterocycles. The zero-order chi connectivity index (χ0) is 20.3. The first-order chi connectivity index (χ1) is 14.0. The summed E-state index contributed by atoms with van der Waals surface area (Å²) in [7, 11) is 0. The van der Waals surface area contributed by atoms with Crippen LogP contribution in [0.1, 0.15) is 5.56 Å². The molecule has 0 atom stereocenters. The summed E-state index contributed by atoms with van der Waals surface area (Å²) < 4.78 is 41.4. The summed E-state index contributed by atoms with van der Waals surface area (Å²) >= 11 is 0. The van der Waals surface area contributed by atoms with Crippen LogP contribution < -0.4 is 10.1 Å². The second-order valence-corrected chi connectivity index (χ2v) is 6.25. The van der Waals surface area contributed by atoms with E-state index in [9.17, 15) is 13.2 Å². The SMILES string of the molecule is FC(F)(F)Oc1cccc(-c2nc3c(NCCc4ccncc4)nccc3[nH]2)c1. The van der Waals surface area contributed by atoms with E-state index < -0.39 is 6.36 Å². The highest BCUT2D eigenvalue weighted by atomic mass is 19.4. The molecule has 6 nitrogen and oxygen atoms in total. The lowest BCUT2D eigenvalue weighted by atomic mass is 10.2. The topological polar surface area (TPSA) is 75.7 Å². The van der Waals surface area contributed by atoms with Gasteiger partial charge in [0.05, 0.1) is 5.52 Å². The summed E-state index contributed by atoms with van der Waals surface area (Å²) in [4.78, 5) is 16.0. The van der Waals surface area contributed by atoms with Crippen LogP contribution in [0.5, 0.6) is 5.75 Å². The Kier molecular flexibility index (Phi) is 5.03. The maximum Gasteiger partial charge on any atom is 0.573 e. The number of ether oxygens (including phenoxy) is 1. The number of H-pyrrole nitrogens is 1. The molecule has 4 rings (SSSR count). The first kappa shape index (κ1) is 18.7. The van der Waals surface area contributed by atoms with Gasteiger partial charge in [-0.1, -0.05) is 12.1 Å². The highest BCUT2D eigenvalue weighted by Gasteiger charge is 2.31. The van der Waals surface area contributed by atoms with Crippen LogP contribution in [-0.4, -0.2) is 32.8 Å². The highest BCUT2D eigenvalue weighted by molar-refractivity contribution is 5.88. The van der Waals surface area contributed by atoms with Crippen LogP contribution in [0.2, 0.25) is 0 Å². The summed E-state index contributed by atoms with van der Waals surface area (Å²) in [6.07, 6.45) is 1.16. The Morgan fingerprint density at radius 3 is 2.66 bits per heavy atom. The molecule has 148 valence electrons. The number of benzene rings is 1. The fraction of sp³-hybridized carbons (Fsp3) is 0.150. The van der Waals surface area contributed by atoms with Crippen molar-refractivity contribution in [2.45, 2.75) is 12.8 Å². The zero-order valence-electron chi connectivity index (χ0n) is 15.1. The summed E-state index contributed by atoms with van der Waals surface area (Å²) in [6, 6.07) is 11.3. The molecular weight excluding hydrogens is 383 g/mol. The largest absolute Gasteiger partial charge is 0.573 e. The van der Waals surface area contributed by atoms with E-state index in [1.54, 1.807) is 30.7 Å². The number of hydrogen-bond acceptors (Lipinski definition) is 5. The van der Waals surface area contributed by atoms with Crippen molar-refractivity contribution in [2.75, 3.05) is 11.9 Å². The molecule has 0 amide bonds. The van der Waals surface area contributed by atoms with Crippen LogP contribution in [0.4, 0.5) is 19.0 Å². The molecule has 0 unspecified atom stereocenters. The lowest BCUT2D eigenvalue weighted by Gasteiger charge is -2.09. The van der Waals surface area contributed by atoms with E-state index in [4.69, 9.17) is 0 Å². The molecule has 29 heavy (non-hydrogen) atoms. The van der Waals surface area contributed by atoms with Crippen molar-refractivity contribution in [1.82, 2.24) is 19.9 Å². The van der Waals surface area contributed by atoms with Gasteiger partial charge in [-0.05, 0) is 42.3 Å². The molecule has 0 radical (unpaired) electrons. The number of pyridine rings is 2. The van der Waals surface area contributed by atoms with Crippen LogP contribution >= 0.6 is 0 Å². The first-order valence-corrected chi connectivity index (χ1v) is 8.82. The number of nitrogens with zero attached hydrogens (tertiary/aromatic N) is 3. The molecule has 0 spiro atoms. The second-order valence-electron chi connectivity index (χ2n) is 6.25. The Hall–Kier alpha value is -3.62. The summed E-state index contributed by atoms with van der Waals surface area (Å²) in [5, 5.41) is 3.26. The lowest BCUT2D eigenvalue weighted by molar-refractivity contribution is -0.274. The van der Waals surface area contributed by atoms with Gasteiger partial charge in [0.25, 0.3) is 0 Å². The lowest BCUT2D eigenvalue weighted by Crippen LogP contribution is -2.17. The maximum atomic E-state index is 12.5. The number of imidazole rings is 1. The minimum atomic E-state index is -4.75. The third-order valence-corrected chi connectivity index (χ3v) is 4.20. The van der Waals surface area contributed by atoms with Gasteiger partial charge in [-0.15, -0.1) is 13.2 Å². The van der Waals surface area contributed by atoms with E-state index >= 15 is 0 Å². The molecule has 3 aromatic heterocycles. The number of hydrogen-bond donors (Lipinski definition) is 2. The Morgan fingerprint density at radius 1 is 1.03 bits per heavy atom. The smallest absolute Gasteiger partial charge is 0.406 e. The van der Waals surface area contributed by atoms with Gasteiger partial charge in [0.1, 0.15) is 17.1 Å². The average molecular weight is 399 g/mol. The molecule has 0 saturated heterocycles. The zero-order valence-corrected chi connectivity index (χ0v) is 15.1. The van der Waals surface area contributed by atoms with Gasteiger partial charge < -0.3 is 15.0 Å². The van der Waals surface area contributed by atoms with Crippen molar-refractivity contribution >= 4 is 16.9 Å². The number of aromatic amines is 1. The van der Waals surface area contributed by atoms with E-state index in [-0.39, 0.29) is 5.75 Å². The molecule has 0 aliphatic heterocycles. The van der Waals surface area contributed by atoms with E-state index in [1.165, 1.54) is 18.2 Å². The Labute approximate surface area is 163 Å². The third-order valence-electron chi connectivity index (χ3n) is 4.20. The number of nitrogens with one attached hydrogen (secondary N) is 2. The molecule has 0 bridgehead atoms. The number of fused-ring (bicyclic) bond motifs is 1. The molecule has 0 saturated carbocycles. The third kappa shape index (κ3) is 4.63. The number of halogens is 3. The Bertz CT molecular complexity index is 1110. The van der Waals surface area contributed by atoms with Crippen molar-refractivity contribution in [2.24, 2.45) is 0 Å². The van der Waals surface area contributed by atoms with Crippen LogP contribution in [-0.2, 0) is 6.42 Å². The van der Waals surface area contributed by atoms with Crippen molar-refractivity contribution in [3.8, 4) is 17.1 Å². The van der Waals surface area contributed by atoms with E-state index in [0.29, 0.717) is 29.3 Å². The molecule has 0 fully saturated rings. The van der Waals surface area contributed by atoms with Gasteiger partial charge in [-0.3, -0.25) is 4.98 Å². The van der Waals surface area contributed by atoms with Crippen LogP contribution in [0, 0.1) is 0 Å². The average Bonchev–Trinajstić information content (AvgIpc) is 3.13. The minimum Gasteiger partial charge on any atom is -0.406 e. The summed E-state index contributed by atoms with van der Waals surface area (Å²) in [5.74, 6) is 0.726. The van der Waals surface area contributed by atoms with Gasteiger partial charge in [0, 0.05) is 30.7 Å². The van der Waals surface area contributed by atoms with Gasteiger partial charge in [0.2, 0.25) is 0 Å². The predicted octanol–water partition coefficient (Wildman–Crippen LogP) is 4.57. The number of anilines is 1. The molecule has 4 aromatic rings. The van der Waals surface area contributed by atoms with Crippen LogP contribution in [0.3, 0.4) is 0 Å². The maximum absolute atomic E-state index is 12.5. The number of alkyl halides is 3. The van der Waals surface area contributed by atoms with Crippen molar-refractivity contribution in [1.29, 1.82) is 0 Å². The van der Waals surface area contributed by atoms with Gasteiger partial charge in [0.15, 0.2) is 5.82 Å². The summed E-state index contributed by atoms with van der Waals surface area (Å²) in [6.45, 7) is 0.646. The fourth-order valence-electron chi connectivity index (χ4n) is 2.92. The van der Waals surface area contributed by atoms with Crippen molar-refractivity contribution < 1.29 is 17.9 Å². The molecule has 1 aromatic carbocycles. The summed E-state index contributed by atoms with van der Waals surface area (Å²) in [5.41, 5.74) is 2.96. The minimum absolute atomic E-state index is 0.302. The predicted molar refractivity (Wildman–Crippen MR) is 102 cm³/mol. The molecule has 0 aliphatic carbocycles. The van der Waals surface area contributed by atoms with E-state index in [2.05, 4.69) is 30.0 Å². The number of aromatic nitrogens is 4. The highest BCUT2D eigenvalue weighted by Crippen LogP contribution is 2.29. The van der Waals surface area contributed by atoms with Crippen molar-refractivity contribution in [3.63, 3.8) is 0 Å². The van der Waals surface area contributed by atoms with Crippen LogP contribution in [0.25, 0.3) is 22.4 Å². The Balaban J connectivity index is 1.55. The molecular formula is C20H16F3N5O. The van der Waals surface area contributed by atoms with E-state index in [1.807, 2.05) is 12.1 Å². The van der Waals surface area contributed by atoms with Crippen molar-refractivity contribution in [3.05, 3.63) is 66.6 Å². The van der Waals surface area contributed by atoms with Gasteiger partial charge in [-0.2, -0.15) is 0 Å².